The third kappa shape index (κ3) is 11.0. The molecule has 0 bridgehead atoms. The molecule has 0 aliphatic carbocycles. The molecule has 3 saturated heterocycles. The van der Waals surface area contributed by atoms with Crippen LogP contribution >= 0.6 is 0 Å². The molecule has 360 valence electrons. The van der Waals surface area contributed by atoms with Crippen LogP contribution < -0.4 is 14.7 Å². The van der Waals surface area contributed by atoms with Crippen LogP contribution in [0, 0.1) is 37.4 Å². The highest BCUT2D eigenvalue weighted by molar-refractivity contribution is 5.89. The quantitative estimate of drug-likeness (QED) is 0.169. The number of H-pyrrole nitrogens is 3. The Hall–Kier alpha value is -7.86. The highest BCUT2D eigenvalue weighted by Crippen LogP contribution is 2.31. The molecule has 9 heterocycles. The zero-order chi connectivity index (χ0) is 65.5. The van der Waals surface area contributed by atoms with E-state index in [1.807, 2.05) is 6.92 Å². The number of nitrogens with one attached hydrogen (secondary N) is 3. The minimum Gasteiger partial charge on any atom is -0.354 e. The van der Waals surface area contributed by atoms with Crippen LogP contribution in [0.5, 0.6) is 0 Å². The monoisotopic (exact) mass is 956 g/mol. The molecular weight excluding hydrogens is 877 g/mol. The van der Waals surface area contributed by atoms with Crippen LogP contribution in [0.4, 0.5) is 17.5 Å². The molecule has 0 aromatic carbocycles. The van der Waals surface area contributed by atoms with Crippen molar-refractivity contribution in [3.05, 3.63) is 90.0 Å². The van der Waals surface area contributed by atoms with E-state index in [1.54, 1.807) is 43.7 Å². The van der Waals surface area contributed by atoms with E-state index in [0.717, 1.165) is 25.9 Å². The van der Waals surface area contributed by atoms with E-state index < -0.39 is 94.9 Å². The molecule has 0 saturated carbocycles. The summed E-state index contributed by atoms with van der Waals surface area (Å²) in [5.41, 5.74) is 1.29. The van der Waals surface area contributed by atoms with Gasteiger partial charge in [-0.1, -0.05) is 20.7 Å². The van der Waals surface area contributed by atoms with Gasteiger partial charge in [-0.05, 0) is 55.2 Å². The Morgan fingerprint density at radius 2 is 0.971 bits per heavy atom. The summed E-state index contributed by atoms with van der Waals surface area (Å²) in [6.07, 6.45) is 8.95. The summed E-state index contributed by atoms with van der Waals surface area (Å²) >= 11 is 0. The van der Waals surface area contributed by atoms with E-state index >= 15 is 0 Å². The fourth-order valence-corrected chi connectivity index (χ4v) is 8.34. The maximum absolute atomic E-state index is 12.5. The summed E-state index contributed by atoms with van der Waals surface area (Å²) in [7, 11) is 0. The van der Waals surface area contributed by atoms with E-state index in [4.69, 9.17) is 45.8 Å². The van der Waals surface area contributed by atoms with Gasteiger partial charge in [-0.15, -0.1) is 0 Å². The standard InChI is InChI=1S/3C16H20N6O/c3*1-11-5-7-22(14(23)8-17-2)9-13(11)21(3)16-12-4-6-18-15(12)19-10-20-16/h3*4,6,10-11,13H,5,7-9H2,1,3H3,(H,18,19,20)/t3*11-,13+/m111/s1/i3D3,8D2,11D;1D3,3D3,8D2;3D3,8D2. The maximum atomic E-state index is 12.5. The lowest BCUT2D eigenvalue weighted by atomic mass is 9.92. The number of carbonyl (C=O) groups excluding carboxylic acids is 3. The Morgan fingerprint density at radius 3 is 1.36 bits per heavy atom. The van der Waals surface area contributed by atoms with Crippen molar-refractivity contribution in [3.63, 3.8) is 0 Å². The molecule has 6 atom stereocenters. The van der Waals surface area contributed by atoms with E-state index in [-0.39, 0.29) is 75.5 Å². The van der Waals surface area contributed by atoms with Gasteiger partial charge >= 0.3 is 17.7 Å². The molecule has 69 heavy (non-hydrogen) atoms. The summed E-state index contributed by atoms with van der Waals surface area (Å²) in [5.74, 6) is -5.28. The van der Waals surface area contributed by atoms with Gasteiger partial charge in [0.15, 0.2) is 0 Å². The van der Waals surface area contributed by atoms with Crippen LogP contribution in [0.2, 0.25) is 0 Å². The average molecular weight is 956 g/mol. The van der Waals surface area contributed by atoms with E-state index in [0.29, 0.717) is 39.5 Å². The van der Waals surface area contributed by atoms with E-state index in [2.05, 4.69) is 59.4 Å². The number of likely N-dealkylation sites (tertiary alicyclic amines) is 3. The van der Waals surface area contributed by atoms with Gasteiger partial charge in [0.1, 0.15) is 61.6 Å². The number of fused-ring (bicyclic) bond motifs is 3. The van der Waals surface area contributed by atoms with E-state index in [1.165, 1.54) is 22.5 Å². The first-order valence-corrected chi connectivity index (χ1v) is 21.5. The zero-order valence-electron chi connectivity index (χ0n) is 56.4. The molecule has 3 amide bonds. The lowest BCUT2D eigenvalue weighted by molar-refractivity contribution is -0.131. The van der Waals surface area contributed by atoms with Gasteiger partial charge in [0.25, 0.3) is 19.5 Å². The molecule has 3 N–H and O–H groups in total. The average Bonchev–Trinajstić information content (AvgIpc) is 2.65. The number of anilines is 3. The number of aromatic nitrogens is 9. The molecule has 0 radical (unpaired) electrons. The van der Waals surface area contributed by atoms with Crippen LogP contribution in [0.1, 0.15) is 66.0 Å². The second-order valence-electron chi connectivity index (χ2n) is 16.3. The number of hydrogen-bond donors (Lipinski definition) is 3. The molecular formula is C48H60N18O3. The number of carbonyl (C=O) groups is 3. The number of aromatic amines is 3. The molecule has 0 spiro atoms. The third-order valence-electron chi connectivity index (χ3n) is 12.2. The Labute approximate surface area is 428 Å². The van der Waals surface area contributed by atoms with Crippen molar-refractivity contribution in [2.75, 3.05) is 94.4 Å². The summed E-state index contributed by atoms with van der Waals surface area (Å²) in [5, 5.41) is 1.37. The normalized spacial score (nSPS) is 27.7. The van der Waals surface area contributed by atoms with Crippen molar-refractivity contribution in [1.82, 2.24) is 59.6 Å². The van der Waals surface area contributed by atoms with Crippen LogP contribution in [-0.4, -0.2) is 175 Å². The lowest BCUT2D eigenvalue weighted by Gasteiger charge is -2.41. The van der Waals surface area contributed by atoms with Gasteiger partial charge in [0.05, 0.1) is 34.3 Å². The van der Waals surface area contributed by atoms with Crippen molar-refractivity contribution < 1.29 is 40.4 Å². The van der Waals surface area contributed by atoms with Gasteiger partial charge < -0.3 is 58.9 Å². The number of piperidine rings is 3. The molecule has 3 aliphatic heterocycles. The number of hydrogen-bond acceptors (Lipinski definition) is 12. The highest BCUT2D eigenvalue weighted by atomic mass is 16.2. The Bertz CT molecular complexity index is 3640. The van der Waals surface area contributed by atoms with Crippen molar-refractivity contribution in [2.45, 2.75) is 58.1 Å². The fourth-order valence-electron chi connectivity index (χ4n) is 8.34. The highest BCUT2D eigenvalue weighted by Gasteiger charge is 2.36. The zero-order valence-corrected chi connectivity index (χ0v) is 37.4. The number of likely N-dealkylation sites (N-methyl/N-ethyl adjacent to an activating group) is 3. The number of nitrogens with zero attached hydrogens (tertiary/aromatic N) is 15. The maximum Gasteiger partial charge on any atom is 0.302 e. The summed E-state index contributed by atoms with van der Waals surface area (Å²) in [6.45, 7) is 5.02. The third-order valence-corrected chi connectivity index (χ3v) is 12.2. The van der Waals surface area contributed by atoms with Gasteiger partial charge in [-0.25, -0.2) is 49.6 Å². The van der Waals surface area contributed by atoms with Gasteiger partial charge in [0, 0.05) is 96.6 Å². The van der Waals surface area contributed by atoms with Crippen molar-refractivity contribution in [2.24, 2.45) is 17.7 Å². The van der Waals surface area contributed by atoms with Crippen LogP contribution in [0.15, 0.2) is 55.8 Å². The van der Waals surface area contributed by atoms with Crippen LogP contribution in [0.3, 0.4) is 0 Å². The topological polar surface area (TPSA) is 208 Å². The predicted molar refractivity (Wildman–Crippen MR) is 264 cm³/mol. The van der Waals surface area contributed by atoms with Gasteiger partial charge in [-0.3, -0.25) is 14.4 Å². The summed E-state index contributed by atoms with van der Waals surface area (Å²) in [4.78, 5) is 85.5. The first kappa shape index (κ1) is 29.8. The first-order valence-electron chi connectivity index (χ1n) is 31.0. The molecule has 6 aromatic rings. The minimum absolute atomic E-state index is 0.0106. The minimum atomic E-state index is -2.83. The number of amides is 3. The van der Waals surface area contributed by atoms with Crippen molar-refractivity contribution in [1.29, 1.82) is 0 Å². The Morgan fingerprint density at radius 1 is 0.609 bits per heavy atom. The SMILES string of the molecule is [2H]C([2H])([N+]#[C-])C(=O)N1CC[C@@H](C([2H])([2H])[2H])[C@@H](N(c2ncnc3[nH]ccc23)C([2H])([2H])[2H])C1.[2H]C([2H])([N+]#[C-])C(=O)N1CC[C@@H](C)[C@@H](N(c2ncnc3[nH]ccc23)C([2H])([2H])[2H])C1.[2H]C([2H])([N+]#[C-])C(=O)N1CC[C@@]([2H])(C)[C@@H](N(c2ncnc3[nH]ccc23)C([2H])([2H])[2H])C1. The smallest absolute Gasteiger partial charge is 0.302 e. The molecule has 0 unspecified atom stereocenters. The van der Waals surface area contributed by atoms with Crippen LogP contribution in [-0.2, 0) is 14.4 Å². The first-order chi connectivity index (χ1) is 40.7. The van der Waals surface area contributed by atoms with Gasteiger partial charge in [-0.2, -0.15) is 0 Å². The van der Waals surface area contributed by atoms with Crippen molar-refractivity contribution in [3.8, 4) is 0 Å². The fraction of sp³-hybridized carbons (Fsp3) is 0.500. The summed E-state index contributed by atoms with van der Waals surface area (Å²) in [6, 6.07) is 2.02. The number of rotatable bonds is 9. The Balaban J connectivity index is 0.000000189. The van der Waals surface area contributed by atoms with Crippen molar-refractivity contribution >= 4 is 68.3 Å². The van der Waals surface area contributed by atoms with Gasteiger partial charge in [0.2, 0.25) is 0 Å². The molecule has 3 aliphatic rings. The Kier molecular flexibility index (Phi) is 9.63. The molecule has 21 heteroatoms. The molecule has 3 fully saturated rings. The molecule has 6 aromatic heterocycles. The largest absolute Gasteiger partial charge is 0.354 e. The van der Waals surface area contributed by atoms with E-state index in [9.17, 15) is 14.4 Å². The van der Waals surface area contributed by atoms with Crippen LogP contribution in [0.25, 0.3) is 47.6 Å². The lowest BCUT2D eigenvalue weighted by Crippen LogP contribution is -2.53. The predicted octanol–water partition coefficient (Wildman–Crippen LogP) is 4.65. The molecule has 21 nitrogen and oxygen atoms in total. The second kappa shape index (κ2) is 22.3. The molecule has 9 rings (SSSR count). The second-order valence-corrected chi connectivity index (χ2v) is 16.3. The summed E-state index contributed by atoms with van der Waals surface area (Å²) < 4.78 is 151.